The van der Waals surface area contributed by atoms with Gasteiger partial charge in [0.15, 0.2) is 0 Å². The molecule has 1 saturated carbocycles. The normalized spacial score (nSPS) is 27.8. The molecule has 4 amide bonds. The number of halogens is 1. The number of amides is 4. The van der Waals surface area contributed by atoms with Gasteiger partial charge in [-0.05, 0) is 56.9 Å². The van der Waals surface area contributed by atoms with Crippen LogP contribution in [0.3, 0.4) is 0 Å². The number of rotatable bonds is 6. The number of thioether (sulfide) groups is 1. The van der Waals surface area contributed by atoms with E-state index in [0.717, 1.165) is 25.7 Å². The smallest absolute Gasteiger partial charge is 0.327 e. The Kier molecular flexibility index (Phi) is 6.88. The van der Waals surface area contributed by atoms with Crippen LogP contribution in [0.1, 0.15) is 45.1 Å². The second-order valence-corrected chi connectivity index (χ2v) is 10.3. The van der Waals surface area contributed by atoms with E-state index in [9.17, 15) is 18.8 Å². The molecule has 0 spiro atoms. The Morgan fingerprint density at radius 2 is 1.91 bits per heavy atom. The minimum Gasteiger partial charge on any atom is -0.354 e. The minimum atomic E-state index is -0.382. The van der Waals surface area contributed by atoms with Gasteiger partial charge in [-0.25, -0.2) is 9.18 Å². The Labute approximate surface area is 192 Å². The van der Waals surface area contributed by atoms with Crippen molar-refractivity contribution in [2.75, 3.05) is 6.54 Å². The molecule has 8 heteroatoms. The molecule has 0 aromatic heterocycles. The molecule has 2 aliphatic heterocycles. The number of nitrogens with one attached hydrogen (secondary N) is 1. The predicted octanol–water partition coefficient (Wildman–Crippen LogP) is 3.92. The number of hydrogen-bond acceptors (Lipinski definition) is 4. The summed E-state index contributed by atoms with van der Waals surface area (Å²) in [4.78, 5) is 41.8. The third kappa shape index (κ3) is 4.70. The van der Waals surface area contributed by atoms with Crippen LogP contribution in [0.4, 0.5) is 9.18 Å². The molecule has 0 bridgehead atoms. The second kappa shape index (κ2) is 9.65. The van der Waals surface area contributed by atoms with Gasteiger partial charge in [-0.3, -0.25) is 14.5 Å². The first-order valence-corrected chi connectivity index (χ1v) is 12.3. The SMILES string of the molecule is CC(C)NC(=O)C1CCC(CN2C(=O)C3SC=CC3N(Cc3ccccc3F)C2=O)CC1. The van der Waals surface area contributed by atoms with Crippen molar-refractivity contribution in [3.05, 3.63) is 47.1 Å². The van der Waals surface area contributed by atoms with E-state index in [-0.39, 0.29) is 59.4 Å². The Morgan fingerprint density at radius 1 is 1.19 bits per heavy atom. The van der Waals surface area contributed by atoms with Gasteiger partial charge in [-0.1, -0.05) is 24.3 Å². The topological polar surface area (TPSA) is 69.7 Å². The number of carbonyl (C=O) groups excluding carboxylic acids is 3. The van der Waals surface area contributed by atoms with Gasteiger partial charge < -0.3 is 10.2 Å². The molecule has 172 valence electrons. The number of urea groups is 1. The van der Waals surface area contributed by atoms with Gasteiger partial charge in [-0.15, -0.1) is 11.8 Å². The zero-order valence-corrected chi connectivity index (χ0v) is 19.3. The van der Waals surface area contributed by atoms with Crippen LogP contribution in [0.25, 0.3) is 0 Å². The second-order valence-electron chi connectivity index (χ2n) is 9.21. The Balaban J connectivity index is 1.43. The van der Waals surface area contributed by atoms with Crippen molar-refractivity contribution in [1.29, 1.82) is 0 Å². The zero-order valence-electron chi connectivity index (χ0n) is 18.5. The number of fused-ring (bicyclic) bond motifs is 1. The van der Waals surface area contributed by atoms with Crippen LogP contribution in [0.2, 0.25) is 0 Å². The molecule has 6 nitrogen and oxygen atoms in total. The van der Waals surface area contributed by atoms with Gasteiger partial charge >= 0.3 is 6.03 Å². The summed E-state index contributed by atoms with van der Waals surface area (Å²) < 4.78 is 14.3. The lowest BCUT2D eigenvalue weighted by Crippen LogP contribution is -2.62. The molecule has 1 aromatic rings. The van der Waals surface area contributed by atoms with Gasteiger partial charge in [0.2, 0.25) is 11.8 Å². The molecule has 3 aliphatic rings. The summed E-state index contributed by atoms with van der Waals surface area (Å²) in [6, 6.07) is 5.84. The molecule has 1 aliphatic carbocycles. The van der Waals surface area contributed by atoms with Gasteiger partial charge in [0.1, 0.15) is 11.1 Å². The van der Waals surface area contributed by atoms with E-state index in [2.05, 4.69) is 5.32 Å². The summed E-state index contributed by atoms with van der Waals surface area (Å²) in [6.45, 7) is 4.39. The Morgan fingerprint density at radius 3 is 2.59 bits per heavy atom. The molecule has 1 N–H and O–H groups in total. The molecule has 2 heterocycles. The zero-order chi connectivity index (χ0) is 22.8. The molecule has 2 unspecified atom stereocenters. The van der Waals surface area contributed by atoms with E-state index in [1.807, 2.05) is 25.3 Å². The first kappa shape index (κ1) is 22.8. The van der Waals surface area contributed by atoms with E-state index in [1.54, 1.807) is 23.1 Å². The minimum absolute atomic E-state index is 0.00192. The highest BCUT2D eigenvalue weighted by molar-refractivity contribution is 8.03. The predicted molar refractivity (Wildman–Crippen MR) is 122 cm³/mol. The van der Waals surface area contributed by atoms with Crippen molar-refractivity contribution in [2.45, 2.75) is 63.4 Å². The Hall–Kier alpha value is -2.35. The number of benzene rings is 1. The van der Waals surface area contributed by atoms with Crippen LogP contribution >= 0.6 is 11.8 Å². The summed E-state index contributed by atoms with van der Waals surface area (Å²) >= 11 is 1.42. The van der Waals surface area contributed by atoms with Crippen molar-refractivity contribution in [3.8, 4) is 0 Å². The fraction of sp³-hybridized carbons (Fsp3) is 0.542. The number of nitrogens with zero attached hydrogens (tertiary/aromatic N) is 2. The maximum atomic E-state index is 14.3. The third-order valence-corrected chi connectivity index (χ3v) is 7.63. The van der Waals surface area contributed by atoms with Crippen LogP contribution in [-0.2, 0) is 16.1 Å². The number of carbonyl (C=O) groups is 3. The maximum Gasteiger partial charge on any atom is 0.327 e. The molecule has 1 saturated heterocycles. The van der Waals surface area contributed by atoms with Crippen LogP contribution in [0, 0.1) is 17.7 Å². The highest BCUT2D eigenvalue weighted by Crippen LogP contribution is 2.37. The largest absolute Gasteiger partial charge is 0.354 e. The highest BCUT2D eigenvalue weighted by atomic mass is 32.2. The molecular weight excluding hydrogens is 429 g/mol. The highest BCUT2D eigenvalue weighted by Gasteiger charge is 2.48. The van der Waals surface area contributed by atoms with Crippen molar-refractivity contribution in [3.63, 3.8) is 0 Å². The van der Waals surface area contributed by atoms with E-state index >= 15 is 0 Å². The summed E-state index contributed by atoms with van der Waals surface area (Å²) in [5.41, 5.74) is 0.441. The monoisotopic (exact) mass is 459 g/mol. The lowest BCUT2D eigenvalue weighted by molar-refractivity contribution is -0.132. The Bertz CT molecular complexity index is 914. The van der Waals surface area contributed by atoms with Crippen molar-refractivity contribution < 1.29 is 18.8 Å². The molecule has 2 fully saturated rings. The maximum absolute atomic E-state index is 14.3. The van der Waals surface area contributed by atoms with E-state index in [0.29, 0.717) is 12.1 Å². The quantitative estimate of drug-likeness (QED) is 0.700. The van der Waals surface area contributed by atoms with Gasteiger partial charge in [0, 0.05) is 24.1 Å². The van der Waals surface area contributed by atoms with Gasteiger partial charge in [-0.2, -0.15) is 0 Å². The van der Waals surface area contributed by atoms with Gasteiger partial charge in [0.25, 0.3) is 0 Å². The standard InChI is InChI=1S/C24H30FN3O3S/c1-15(2)26-22(29)17-9-7-16(8-10-17)13-28-23(30)21-20(11-12-32-21)27(24(28)31)14-18-5-3-4-6-19(18)25/h3-6,11-12,15-17,20-21H,7-10,13-14H2,1-2H3,(H,26,29). The first-order valence-electron chi connectivity index (χ1n) is 11.3. The molecule has 1 aromatic carbocycles. The third-order valence-electron chi connectivity index (χ3n) is 6.54. The average molecular weight is 460 g/mol. The van der Waals surface area contributed by atoms with Crippen LogP contribution in [0.5, 0.6) is 0 Å². The lowest BCUT2D eigenvalue weighted by Gasteiger charge is -2.43. The molecule has 32 heavy (non-hydrogen) atoms. The van der Waals surface area contributed by atoms with Crippen molar-refractivity contribution in [2.24, 2.45) is 11.8 Å². The van der Waals surface area contributed by atoms with E-state index in [4.69, 9.17) is 0 Å². The van der Waals surface area contributed by atoms with Crippen LogP contribution in [0.15, 0.2) is 35.7 Å². The summed E-state index contributed by atoms with van der Waals surface area (Å²) in [7, 11) is 0. The number of imide groups is 1. The van der Waals surface area contributed by atoms with Crippen molar-refractivity contribution in [1.82, 2.24) is 15.1 Å². The van der Waals surface area contributed by atoms with Crippen LogP contribution in [-0.4, -0.2) is 51.5 Å². The average Bonchev–Trinajstić information content (AvgIpc) is 3.25. The molecule has 4 rings (SSSR count). The summed E-state index contributed by atoms with van der Waals surface area (Å²) in [5.74, 6) is -0.251. The van der Waals surface area contributed by atoms with Crippen LogP contribution < -0.4 is 5.32 Å². The molecular formula is C24H30FN3O3S. The van der Waals surface area contributed by atoms with Crippen molar-refractivity contribution >= 4 is 29.6 Å². The molecule has 0 radical (unpaired) electrons. The summed E-state index contributed by atoms with van der Waals surface area (Å²) in [6.07, 6.45) is 5.00. The number of hydrogen-bond donors (Lipinski definition) is 1. The van der Waals surface area contributed by atoms with E-state index in [1.165, 1.54) is 22.7 Å². The lowest BCUT2D eigenvalue weighted by atomic mass is 9.81. The fourth-order valence-electron chi connectivity index (χ4n) is 4.81. The summed E-state index contributed by atoms with van der Waals surface area (Å²) in [5, 5.41) is 4.45. The van der Waals surface area contributed by atoms with Gasteiger partial charge in [0.05, 0.1) is 12.6 Å². The fourth-order valence-corrected chi connectivity index (χ4v) is 5.88. The first-order chi connectivity index (χ1) is 15.3. The molecule has 2 atom stereocenters. The van der Waals surface area contributed by atoms with E-state index < -0.39 is 0 Å².